The zero-order chi connectivity index (χ0) is 17.8. The van der Waals surface area contributed by atoms with Gasteiger partial charge in [0.25, 0.3) is 5.91 Å². The van der Waals surface area contributed by atoms with Gasteiger partial charge in [-0.1, -0.05) is 23.7 Å². The second-order valence-electron chi connectivity index (χ2n) is 5.24. The number of hydrogen-bond donors (Lipinski definition) is 2. The number of halogens is 2. The molecule has 2 aromatic heterocycles. The number of pyridine rings is 1. The predicted molar refractivity (Wildman–Crippen MR) is 92.9 cm³/mol. The summed E-state index contributed by atoms with van der Waals surface area (Å²) in [5.74, 6) is -0.876. The summed E-state index contributed by atoms with van der Waals surface area (Å²) in [6.45, 7) is 0.189. The lowest BCUT2D eigenvalue weighted by Crippen LogP contribution is -2.23. The maximum atomic E-state index is 12.9. The van der Waals surface area contributed by atoms with Gasteiger partial charge in [0.2, 0.25) is 0 Å². The van der Waals surface area contributed by atoms with Gasteiger partial charge < -0.3 is 10.3 Å². The number of amides is 1. The number of carbonyl (C=O) groups is 1. The number of rotatable bonds is 4. The van der Waals surface area contributed by atoms with E-state index in [0.717, 1.165) is 5.56 Å². The van der Waals surface area contributed by atoms with Crippen LogP contribution >= 0.6 is 11.6 Å². The molecule has 1 amide bonds. The van der Waals surface area contributed by atoms with Crippen LogP contribution in [0.25, 0.3) is 17.1 Å². The summed E-state index contributed by atoms with van der Waals surface area (Å²) in [6, 6.07) is 9.27. The monoisotopic (exact) mass is 354 g/mol. The van der Waals surface area contributed by atoms with E-state index in [-0.39, 0.29) is 17.9 Å². The van der Waals surface area contributed by atoms with Crippen molar-refractivity contribution in [3.8, 4) is 6.07 Å². The fourth-order valence-corrected chi connectivity index (χ4v) is 2.59. The van der Waals surface area contributed by atoms with Gasteiger partial charge in [-0.3, -0.25) is 4.79 Å². The van der Waals surface area contributed by atoms with Crippen molar-refractivity contribution in [1.82, 2.24) is 15.3 Å². The fourth-order valence-electron chi connectivity index (χ4n) is 2.34. The molecule has 0 spiro atoms. The van der Waals surface area contributed by atoms with Crippen LogP contribution in [0.15, 0.2) is 48.3 Å². The SMILES string of the molecule is N#C/C(=C\c1c[nH]c2nccc(Cl)c12)C(=O)NCc1ccc(F)cc1. The first kappa shape index (κ1) is 16.7. The van der Waals surface area contributed by atoms with Crippen molar-refractivity contribution in [2.45, 2.75) is 6.54 Å². The number of benzene rings is 1. The molecule has 1 aromatic carbocycles. The molecule has 0 radical (unpaired) electrons. The summed E-state index contributed by atoms with van der Waals surface area (Å²) in [5.41, 5.74) is 1.83. The number of nitrogens with one attached hydrogen (secondary N) is 2. The number of aromatic amines is 1. The Bertz CT molecular complexity index is 1000. The van der Waals surface area contributed by atoms with E-state index in [1.54, 1.807) is 30.6 Å². The Morgan fingerprint density at radius 1 is 1.36 bits per heavy atom. The summed E-state index contributed by atoms with van der Waals surface area (Å²) in [7, 11) is 0. The maximum absolute atomic E-state index is 12.9. The van der Waals surface area contributed by atoms with Crippen LogP contribution in [0.2, 0.25) is 5.02 Å². The first-order chi connectivity index (χ1) is 12.1. The van der Waals surface area contributed by atoms with Gasteiger partial charge in [-0.25, -0.2) is 9.37 Å². The Morgan fingerprint density at radius 3 is 2.84 bits per heavy atom. The molecule has 2 heterocycles. The average molecular weight is 355 g/mol. The van der Waals surface area contributed by atoms with Gasteiger partial charge in [0.05, 0.1) is 5.02 Å². The Labute approximate surface area is 147 Å². The van der Waals surface area contributed by atoms with Crippen molar-refractivity contribution in [3.05, 3.63) is 70.3 Å². The van der Waals surface area contributed by atoms with Crippen molar-refractivity contribution in [2.24, 2.45) is 0 Å². The minimum Gasteiger partial charge on any atom is -0.347 e. The molecular formula is C18H12ClFN4O. The van der Waals surface area contributed by atoms with Gasteiger partial charge >= 0.3 is 0 Å². The lowest BCUT2D eigenvalue weighted by molar-refractivity contribution is -0.117. The van der Waals surface area contributed by atoms with E-state index in [1.807, 2.05) is 6.07 Å². The van der Waals surface area contributed by atoms with Crippen molar-refractivity contribution in [1.29, 1.82) is 5.26 Å². The number of nitrogens with zero attached hydrogens (tertiary/aromatic N) is 2. The van der Waals surface area contributed by atoms with Crippen molar-refractivity contribution >= 4 is 34.6 Å². The Hall–Kier alpha value is -3.17. The summed E-state index contributed by atoms with van der Waals surface area (Å²) >= 11 is 6.16. The molecule has 0 fully saturated rings. The third-order valence-corrected chi connectivity index (χ3v) is 3.90. The lowest BCUT2D eigenvalue weighted by atomic mass is 10.1. The van der Waals surface area contributed by atoms with E-state index in [1.165, 1.54) is 18.2 Å². The first-order valence-electron chi connectivity index (χ1n) is 7.34. The smallest absolute Gasteiger partial charge is 0.262 e. The van der Waals surface area contributed by atoms with Crippen LogP contribution in [-0.4, -0.2) is 15.9 Å². The van der Waals surface area contributed by atoms with Crippen LogP contribution in [0.1, 0.15) is 11.1 Å². The highest BCUT2D eigenvalue weighted by Crippen LogP contribution is 2.26. The summed E-state index contributed by atoms with van der Waals surface area (Å²) in [6.07, 6.45) is 4.65. The molecule has 0 bridgehead atoms. The number of fused-ring (bicyclic) bond motifs is 1. The zero-order valence-electron chi connectivity index (χ0n) is 12.9. The van der Waals surface area contributed by atoms with Crippen LogP contribution in [-0.2, 0) is 11.3 Å². The van der Waals surface area contributed by atoms with Gasteiger partial charge in [-0.15, -0.1) is 0 Å². The van der Waals surface area contributed by atoms with E-state index in [9.17, 15) is 14.4 Å². The van der Waals surface area contributed by atoms with Crippen LogP contribution in [0.3, 0.4) is 0 Å². The molecule has 25 heavy (non-hydrogen) atoms. The normalized spacial score (nSPS) is 11.3. The Balaban J connectivity index is 1.81. The summed E-state index contributed by atoms with van der Waals surface area (Å²) in [5, 5.41) is 13.0. The molecule has 0 unspecified atom stereocenters. The van der Waals surface area contributed by atoms with Crippen molar-refractivity contribution < 1.29 is 9.18 Å². The first-order valence-corrected chi connectivity index (χ1v) is 7.72. The van der Waals surface area contributed by atoms with Gasteiger partial charge in [-0.2, -0.15) is 5.26 Å². The number of carbonyl (C=O) groups excluding carboxylic acids is 1. The minimum absolute atomic E-state index is 0.0667. The van der Waals surface area contributed by atoms with E-state index in [2.05, 4.69) is 15.3 Å². The zero-order valence-corrected chi connectivity index (χ0v) is 13.6. The molecule has 3 rings (SSSR count). The largest absolute Gasteiger partial charge is 0.347 e. The average Bonchev–Trinajstić information content (AvgIpc) is 3.03. The number of H-pyrrole nitrogens is 1. The molecule has 124 valence electrons. The topological polar surface area (TPSA) is 81.6 Å². The molecule has 0 saturated heterocycles. The maximum Gasteiger partial charge on any atom is 0.262 e. The molecule has 0 aliphatic rings. The van der Waals surface area contributed by atoms with Crippen LogP contribution in [0, 0.1) is 17.1 Å². The number of nitriles is 1. The highest BCUT2D eigenvalue weighted by molar-refractivity contribution is 6.35. The summed E-state index contributed by atoms with van der Waals surface area (Å²) < 4.78 is 12.9. The Kier molecular flexibility index (Phi) is 4.78. The van der Waals surface area contributed by atoms with Crippen LogP contribution < -0.4 is 5.32 Å². The molecule has 7 heteroatoms. The summed E-state index contributed by atoms with van der Waals surface area (Å²) in [4.78, 5) is 19.3. The molecule has 5 nitrogen and oxygen atoms in total. The quantitative estimate of drug-likeness (QED) is 0.555. The van der Waals surface area contributed by atoms with Crippen LogP contribution in [0.4, 0.5) is 4.39 Å². The number of aromatic nitrogens is 2. The van der Waals surface area contributed by atoms with Gasteiger partial charge in [0, 0.05) is 29.9 Å². The van der Waals surface area contributed by atoms with Gasteiger partial charge in [0.15, 0.2) is 0 Å². The third kappa shape index (κ3) is 3.67. The highest BCUT2D eigenvalue weighted by atomic mass is 35.5. The van der Waals surface area contributed by atoms with E-state index < -0.39 is 5.91 Å². The van der Waals surface area contributed by atoms with Gasteiger partial charge in [-0.05, 0) is 29.8 Å². The molecule has 0 aliphatic carbocycles. The van der Waals surface area contributed by atoms with Crippen molar-refractivity contribution in [3.63, 3.8) is 0 Å². The predicted octanol–water partition coefficient (Wildman–Crippen LogP) is 3.58. The molecule has 3 aromatic rings. The van der Waals surface area contributed by atoms with E-state index >= 15 is 0 Å². The van der Waals surface area contributed by atoms with Crippen molar-refractivity contribution in [2.75, 3.05) is 0 Å². The second kappa shape index (κ2) is 7.16. The second-order valence-corrected chi connectivity index (χ2v) is 5.65. The third-order valence-electron chi connectivity index (χ3n) is 3.58. The van der Waals surface area contributed by atoms with E-state index in [4.69, 9.17) is 11.6 Å². The molecule has 0 atom stereocenters. The van der Waals surface area contributed by atoms with Crippen LogP contribution in [0.5, 0.6) is 0 Å². The standard InChI is InChI=1S/C18H12ClFN4O/c19-15-5-6-22-17-16(15)13(10-23-17)7-12(8-21)18(25)24-9-11-1-3-14(20)4-2-11/h1-7,10H,9H2,(H,22,23)(H,24,25)/b12-7+. The lowest BCUT2D eigenvalue weighted by Gasteiger charge is -2.04. The van der Waals surface area contributed by atoms with Gasteiger partial charge in [0.1, 0.15) is 23.1 Å². The Morgan fingerprint density at radius 2 is 2.12 bits per heavy atom. The molecule has 2 N–H and O–H groups in total. The number of hydrogen-bond acceptors (Lipinski definition) is 3. The molecule has 0 saturated carbocycles. The molecule has 0 aliphatic heterocycles. The fraction of sp³-hybridized carbons (Fsp3) is 0.0556. The molecular weight excluding hydrogens is 343 g/mol. The highest BCUT2D eigenvalue weighted by Gasteiger charge is 2.12. The minimum atomic E-state index is -0.527. The van der Waals surface area contributed by atoms with E-state index in [0.29, 0.717) is 21.6 Å².